The van der Waals surface area contributed by atoms with Crippen molar-refractivity contribution in [2.24, 2.45) is 5.92 Å². The number of amides is 2. The molecule has 2 aromatic rings. The van der Waals surface area contributed by atoms with Crippen molar-refractivity contribution in [3.05, 3.63) is 83.5 Å². The first-order valence-corrected chi connectivity index (χ1v) is 12.1. The maximum Gasteiger partial charge on any atom is 0.339 e. The van der Waals surface area contributed by atoms with Gasteiger partial charge in [0.05, 0.1) is 17.7 Å². The van der Waals surface area contributed by atoms with E-state index < -0.39 is 24.5 Å². The van der Waals surface area contributed by atoms with Crippen LogP contribution >= 0.6 is 0 Å². The molecular formula is C29H32N2O6. The van der Waals surface area contributed by atoms with E-state index in [1.807, 2.05) is 25.2 Å². The van der Waals surface area contributed by atoms with E-state index in [4.69, 9.17) is 9.47 Å². The van der Waals surface area contributed by atoms with Crippen molar-refractivity contribution < 1.29 is 28.7 Å². The molecule has 2 aromatic carbocycles. The first-order chi connectivity index (χ1) is 17.8. The topological polar surface area (TPSA) is 102 Å². The molecule has 8 heteroatoms. The highest BCUT2D eigenvalue weighted by molar-refractivity contribution is 6.03. The van der Waals surface area contributed by atoms with Crippen molar-refractivity contribution in [2.45, 2.75) is 20.3 Å². The molecule has 3 rings (SSSR count). The Kier molecular flexibility index (Phi) is 9.77. The van der Waals surface area contributed by atoms with Crippen LogP contribution in [0.5, 0.6) is 0 Å². The molecule has 194 valence electrons. The third kappa shape index (κ3) is 7.90. The Morgan fingerprint density at radius 2 is 1.35 bits per heavy atom. The monoisotopic (exact) mass is 504 g/mol. The zero-order valence-corrected chi connectivity index (χ0v) is 21.4. The standard InChI is InChI=1S/C29H32N2O6/c1-20-10-8-9-15-31(3)27(33)17-30-26(32)19-37-29(35)25-14-7-5-12-23(25)22-11-4-6-13-24(22)28(34)36-18-21(2)16-20/h4-9,11-14,16,20H,10,15,17-19H2,1-3H3,(H,30,32)/b9-8+,21-16+. The highest BCUT2D eigenvalue weighted by Crippen LogP contribution is 2.28. The fraction of sp³-hybridized carbons (Fsp3) is 0.310. The molecule has 1 aliphatic heterocycles. The number of fused-ring (bicyclic) bond motifs is 3. The summed E-state index contributed by atoms with van der Waals surface area (Å²) in [5.41, 5.74) is 2.42. The largest absolute Gasteiger partial charge is 0.458 e. The van der Waals surface area contributed by atoms with Gasteiger partial charge >= 0.3 is 11.9 Å². The fourth-order valence-electron chi connectivity index (χ4n) is 3.87. The predicted octanol–water partition coefficient (Wildman–Crippen LogP) is 3.78. The minimum atomic E-state index is -0.725. The minimum Gasteiger partial charge on any atom is -0.458 e. The molecule has 1 aliphatic rings. The average Bonchev–Trinajstić information content (AvgIpc) is 2.90. The van der Waals surface area contributed by atoms with Crippen LogP contribution in [0.3, 0.4) is 0 Å². The van der Waals surface area contributed by atoms with Gasteiger partial charge in [0.1, 0.15) is 6.61 Å². The Morgan fingerprint density at radius 1 is 0.811 bits per heavy atom. The van der Waals surface area contributed by atoms with E-state index in [1.54, 1.807) is 55.6 Å². The average molecular weight is 505 g/mol. The summed E-state index contributed by atoms with van der Waals surface area (Å²) in [6.45, 7) is 3.75. The van der Waals surface area contributed by atoms with E-state index in [0.29, 0.717) is 23.2 Å². The van der Waals surface area contributed by atoms with E-state index in [-0.39, 0.29) is 30.5 Å². The Labute approximate surface area is 216 Å². The molecular weight excluding hydrogens is 472 g/mol. The molecule has 0 saturated heterocycles. The van der Waals surface area contributed by atoms with Crippen molar-refractivity contribution in [1.29, 1.82) is 0 Å². The zero-order valence-electron chi connectivity index (χ0n) is 21.4. The van der Waals surface area contributed by atoms with Crippen molar-refractivity contribution in [1.82, 2.24) is 10.2 Å². The summed E-state index contributed by atoms with van der Waals surface area (Å²) in [7, 11) is 1.65. The van der Waals surface area contributed by atoms with Crippen LogP contribution in [0.4, 0.5) is 0 Å². The van der Waals surface area contributed by atoms with Gasteiger partial charge in [-0.2, -0.15) is 0 Å². The molecule has 0 spiro atoms. The SMILES string of the molecule is C/C1=C\C(C)C/C=C/CN(C)C(=O)CNC(=O)COC(=O)c2ccccc2-c2ccccc2C(=O)OC1. The molecule has 0 aromatic heterocycles. The van der Waals surface area contributed by atoms with Gasteiger partial charge in [0.15, 0.2) is 6.61 Å². The number of likely N-dealkylation sites (N-methyl/N-ethyl adjacent to an activating group) is 1. The summed E-state index contributed by atoms with van der Waals surface area (Å²) in [5, 5.41) is 2.48. The number of hydrogen-bond acceptors (Lipinski definition) is 6. The van der Waals surface area contributed by atoms with Crippen molar-refractivity contribution in [3.63, 3.8) is 0 Å². The number of esters is 2. The van der Waals surface area contributed by atoms with Crippen LogP contribution in [-0.4, -0.2) is 62.0 Å². The van der Waals surface area contributed by atoms with Gasteiger partial charge in [-0.15, -0.1) is 0 Å². The predicted molar refractivity (Wildman–Crippen MR) is 140 cm³/mol. The van der Waals surface area contributed by atoms with Crippen LogP contribution in [0.2, 0.25) is 0 Å². The Bertz CT molecular complexity index is 1220. The lowest BCUT2D eigenvalue weighted by Crippen LogP contribution is -2.39. The number of ether oxygens (including phenoxy) is 2. The molecule has 0 aliphatic carbocycles. The number of hydrogen-bond donors (Lipinski definition) is 1. The molecule has 1 heterocycles. The molecule has 0 bridgehead atoms. The van der Waals surface area contributed by atoms with Crippen molar-refractivity contribution >= 4 is 23.8 Å². The zero-order chi connectivity index (χ0) is 26.8. The van der Waals surface area contributed by atoms with Gasteiger partial charge in [-0.3, -0.25) is 9.59 Å². The number of allylic oxidation sites excluding steroid dienone is 2. The third-order valence-corrected chi connectivity index (χ3v) is 5.83. The Hall–Kier alpha value is -4.20. The number of carbonyl (C=O) groups excluding carboxylic acids is 4. The molecule has 1 unspecified atom stereocenters. The molecule has 1 N–H and O–H groups in total. The lowest BCUT2D eigenvalue weighted by molar-refractivity contribution is -0.132. The lowest BCUT2D eigenvalue weighted by Gasteiger charge is -2.16. The van der Waals surface area contributed by atoms with Crippen LogP contribution in [0.15, 0.2) is 72.3 Å². The van der Waals surface area contributed by atoms with Crippen LogP contribution in [0.1, 0.15) is 41.0 Å². The third-order valence-electron chi connectivity index (χ3n) is 5.83. The smallest absolute Gasteiger partial charge is 0.339 e. The molecule has 0 radical (unpaired) electrons. The summed E-state index contributed by atoms with van der Waals surface area (Å²) in [6.07, 6.45) is 6.68. The van der Waals surface area contributed by atoms with Gasteiger partial charge in [-0.1, -0.05) is 61.5 Å². The van der Waals surface area contributed by atoms with E-state index in [1.165, 1.54) is 4.90 Å². The molecule has 0 fully saturated rings. The summed E-state index contributed by atoms with van der Waals surface area (Å²) >= 11 is 0. The Balaban J connectivity index is 1.90. The highest BCUT2D eigenvalue weighted by atomic mass is 16.5. The number of carbonyl (C=O) groups is 4. The number of cyclic esters (lactones) is 2. The van der Waals surface area contributed by atoms with Gasteiger partial charge in [-0.25, -0.2) is 9.59 Å². The van der Waals surface area contributed by atoms with Gasteiger partial charge in [0.25, 0.3) is 5.91 Å². The summed E-state index contributed by atoms with van der Waals surface area (Å²) in [6, 6.07) is 13.6. The number of nitrogens with zero attached hydrogens (tertiary/aromatic N) is 1. The van der Waals surface area contributed by atoms with Crippen LogP contribution in [0, 0.1) is 5.92 Å². The second-order valence-electron chi connectivity index (χ2n) is 8.99. The molecule has 37 heavy (non-hydrogen) atoms. The van der Waals surface area contributed by atoms with Crippen LogP contribution in [-0.2, 0) is 19.1 Å². The second kappa shape index (κ2) is 13.2. The maximum absolute atomic E-state index is 13.0. The minimum absolute atomic E-state index is 0.136. The highest BCUT2D eigenvalue weighted by Gasteiger charge is 2.20. The molecule has 2 amide bonds. The summed E-state index contributed by atoms with van der Waals surface area (Å²) < 4.78 is 10.8. The van der Waals surface area contributed by atoms with E-state index in [0.717, 1.165) is 12.0 Å². The second-order valence-corrected chi connectivity index (χ2v) is 8.99. The van der Waals surface area contributed by atoms with Crippen LogP contribution < -0.4 is 5.32 Å². The van der Waals surface area contributed by atoms with Crippen LogP contribution in [0.25, 0.3) is 11.1 Å². The van der Waals surface area contributed by atoms with Crippen molar-refractivity contribution in [3.8, 4) is 11.1 Å². The molecule has 8 nitrogen and oxygen atoms in total. The van der Waals surface area contributed by atoms with Crippen molar-refractivity contribution in [2.75, 3.05) is 33.4 Å². The first kappa shape index (κ1) is 27.4. The van der Waals surface area contributed by atoms with Gasteiger partial charge in [0.2, 0.25) is 5.91 Å². The van der Waals surface area contributed by atoms with Gasteiger partial charge in [0, 0.05) is 13.6 Å². The molecule has 1 atom stereocenters. The fourth-order valence-corrected chi connectivity index (χ4v) is 3.87. The maximum atomic E-state index is 13.0. The van der Waals surface area contributed by atoms with E-state index in [9.17, 15) is 19.2 Å². The number of rotatable bonds is 0. The first-order valence-electron chi connectivity index (χ1n) is 12.1. The quantitative estimate of drug-likeness (QED) is 0.433. The summed E-state index contributed by atoms with van der Waals surface area (Å²) in [4.78, 5) is 51.9. The van der Waals surface area contributed by atoms with Gasteiger partial charge in [-0.05, 0) is 48.1 Å². The van der Waals surface area contributed by atoms with Gasteiger partial charge < -0.3 is 19.7 Å². The van der Waals surface area contributed by atoms with E-state index in [2.05, 4.69) is 12.2 Å². The lowest BCUT2D eigenvalue weighted by atomic mass is 9.95. The Morgan fingerprint density at radius 3 is 1.95 bits per heavy atom. The van der Waals surface area contributed by atoms with E-state index >= 15 is 0 Å². The summed E-state index contributed by atoms with van der Waals surface area (Å²) in [5.74, 6) is -1.88. The molecule has 0 saturated carbocycles. The number of benzene rings is 2. The number of nitrogens with one attached hydrogen (secondary N) is 1. The normalized spacial score (nSPS) is 21.0.